The zero-order valence-electron chi connectivity index (χ0n) is 14.8. The van der Waals surface area contributed by atoms with Crippen LogP contribution in [0, 0.1) is 5.41 Å². The van der Waals surface area contributed by atoms with E-state index in [1.807, 2.05) is 62.4 Å². The molecule has 130 valence electrons. The fraction of sp³-hybridized carbons (Fsp3) is 0.333. The first kappa shape index (κ1) is 17.2. The Morgan fingerprint density at radius 2 is 1.20 bits per heavy atom. The molecule has 1 aliphatic carbocycles. The van der Waals surface area contributed by atoms with Crippen LogP contribution in [-0.4, -0.2) is 11.8 Å². The normalized spacial score (nSPS) is 14.6. The van der Waals surface area contributed by atoms with Gasteiger partial charge in [0.2, 0.25) is 11.8 Å². The predicted molar refractivity (Wildman–Crippen MR) is 101 cm³/mol. The molecule has 4 nitrogen and oxygen atoms in total. The maximum absolute atomic E-state index is 12.8. The number of nitrogens with one attached hydrogen (secondary N) is 2. The Morgan fingerprint density at radius 1 is 0.800 bits per heavy atom. The molecule has 25 heavy (non-hydrogen) atoms. The highest BCUT2D eigenvalue weighted by molar-refractivity contribution is 6.17. The lowest BCUT2D eigenvalue weighted by atomic mass is 10.0. The van der Waals surface area contributed by atoms with Crippen molar-refractivity contribution < 1.29 is 9.59 Å². The summed E-state index contributed by atoms with van der Waals surface area (Å²) in [5.41, 5.74) is 2.79. The molecular weight excluding hydrogens is 312 g/mol. The van der Waals surface area contributed by atoms with Crippen LogP contribution in [0.4, 0.5) is 11.4 Å². The van der Waals surface area contributed by atoms with E-state index in [0.29, 0.717) is 12.8 Å². The summed E-state index contributed by atoms with van der Waals surface area (Å²) in [6.07, 6.45) is 2.85. The average molecular weight is 336 g/mol. The van der Waals surface area contributed by atoms with Crippen molar-refractivity contribution in [3.8, 4) is 0 Å². The summed E-state index contributed by atoms with van der Waals surface area (Å²) in [5, 5.41) is 5.92. The van der Waals surface area contributed by atoms with Gasteiger partial charge in [0.05, 0.1) is 0 Å². The molecule has 1 saturated carbocycles. The number of para-hydroxylation sites is 2. The van der Waals surface area contributed by atoms with Crippen LogP contribution in [0.1, 0.15) is 37.8 Å². The molecule has 0 heterocycles. The number of rotatable bonds is 6. The molecule has 1 fully saturated rings. The Balaban J connectivity index is 1.75. The predicted octanol–water partition coefficient (Wildman–Crippen LogP) is 4.17. The standard InChI is InChI=1S/C21H24N2O2/c1-3-15-9-5-7-11-17(15)22-19(24)21(13-14-21)20(25)23-18-12-8-6-10-16(18)4-2/h5-12H,3-4,13-14H2,1-2H3,(H,22,24)(H,23,25). The van der Waals surface area contributed by atoms with Crippen molar-refractivity contribution in [1.82, 2.24) is 0 Å². The highest BCUT2D eigenvalue weighted by Crippen LogP contribution is 2.47. The molecule has 2 amide bonds. The van der Waals surface area contributed by atoms with Crippen LogP contribution in [-0.2, 0) is 22.4 Å². The van der Waals surface area contributed by atoms with E-state index in [2.05, 4.69) is 10.6 Å². The molecule has 0 bridgehead atoms. The first-order chi connectivity index (χ1) is 12.1. The van der Waals surface area contributed by atoms with Crippen molar-refractivity contribution in [3.05, 3.63) is 59.7 Å². The van der Waals surface area contributed by atoms with Crippen LogP contribution in [0.2, 0.25) is 0 Å². The van der Waals surface area contributed by atoms with Crippen molar-refractivity contribution in [2.75, 3.05) is 10.6 Å². The molecule has 4 heteroatoms. The summed E-state index contributed by atoms with van der Waals surface area (Å²) in [4.78, 5) is 25.6. The number of anilines is 2. The van der Waals surface area contributed by atoms with Crippen molar-refractivity contribution >= 4 is 23.2 Å². The number of hydrogen-bond acceptors (Lipinski definition) is 2. The number of amides is 2. The van der Waals surface area contributed by atoms with Crippen molar-refractivity contribution in [1.29, 1.82) is 0 Å². The van der Waals surface area contributed by atoms with Gasteiger partial charge < -0.3 is 10.6 Å². The second kappa shape index (κ2) is 7.09. The van der Waals surface area contributed by atoms with E-state index in [0.717, 1.165) is 35.3 Å². The highest BCUT2D eigenvalue weighted by Gasteiger charge is 2.56. The Bertz CT molecular complexity index is 730. The van der Waals surface area contributed by atoms with E-state index < -0.39 is 5.41 Å². The van der Waals surface area contributed by atoms with E-state index in [1.54, 1.807) is 0 Å². The highest BCUT2D eigenvalue weighted by atomic mass is 16.2. The first-order valence-electron chi connectivity index (χ1n) is 8.89. The molecular formula is C21H24N2O2. The van der Waals surface area contributed by atoms with E-state index in [1.165, 1.54) is 0 Å². The SMILES string of the molecule is CCc1ccccc1NC(=O)C1(C(=O)Nc2ccccc2CC)CC1. The van der Waals surface area contributed by atoms with Gasteiger partial charge in [0.1, 0.15) is 5.41 Å². The lowest BCUT2D eigenvalue weighted by molar-refractivity contribution is -0.131. The number of carbonyl (C=O) groups excluding carboxylic acids is 2. The van der Waals surface area contributed by atoms with Crippen LogP contribution in [0.3, 0.4) is 0 Å². The van der Waals surface area contributed by atoms with Gasteiger partial charge in [-0.2, -0.15) is 0 Å². The van der Waals surface area contributed by atoms with E-state index in [-0.39, 0.29) is 11.8 Å². The quantitative estimate of drug-likeness (QED) is 0.778. The largest absolute Gasteiger partial charge is 0.325 e. The van der Waals surface area contributed by atoms with Gasteiger partial charge in [0, 0.05) is 11.4 Å². The molecule has 0 radical (unpaired) electrons. The maximum atomic E-state index is 12.8. The van der Waals surface area contributed by atoms with Gasteiger partial charge in [-0.25, -0.2) is 0 Å². The molecule has 0 aromatic heterocycles. The average Bonchev–Trinajstić information content (AvgIpc) is 3.44. The monoisotopic (exact) mass is 336 g/mol. The molecule has 0 saturated heterocycles. The Kier molecular flexibility index (Phi) is 4.88. The number of aryl methyl sites for hydroxylation is 2. The number of carbonyl (C=O) groups is 2. The summed E-state index contributed by atoms with van der Waals surface area (Å²) in [6, 6.07) is 15.5. The van der Waals surface area contributed by atoms with Crippen LogP contribution >= 0.6 is 0 Å². The van der Waals surface area contributed by atoms with Gasteiger partial charge in [0.25, 0.3) is 0 Å². The van der Waals surface area contributed by atoms with Gasteiger partial charge in [-0.15, -0.1) is 0 Å². The first-order valence-corrected chi connectivity index (χ1v) is 8.89. The molecule has 0 atom stereocenters. The van der Waals surface area contributed by atoms with E-state index in [4.69, 9.17) is 0 Å². The summed E-state index contributed by atoms with van der Waals surface area (Å²) in [7, 11) is 0. The summed E-state index contributed by atoms with van der Waals surface area (Å²) < 4.78 is 0. The maximum Gasteiger partial charge on any atom is 0.240 e. The third-order valence-electron chi connectivity index (χ3n) is 4.91. The fourth-order valence-electron chi connectivity index (χ4n) is 3.07. The van der Waals surface area contributed by atoms with Crippen LogP contribution in [0.15, 0.2) is 48.5 Å². The van der Waals surface area contributed by atoms with Crippen molar-refractivity contribution in [2.24, 2.45) is 5.41 Å². The molecule has 2 N–H and O–H groups in total. The second-order valence-electron chi connectivity index (χ2n) is 6.51. The van der Waals surface area contributed by atoms with Gasteiger partial charge in [-0.05, 0) is 48.9 Å². The molecule has 1 aliphatic rings. The topological polar surface area (TPSA) is 58.2 Å². The van der Waals surface area contributed by atoms with Gasteiger partial charge in [-0.3, -0.25) is 9.59 Å². The van der Waals surface area contributed by atoms with Gasteiger partial charge >= 0.3 is 0 Å². The molecule has 0 spiro atoms. The minimum Gasteiger partial charge on any atom is -0.325 e. The molecule has 0 unspecified atom stereocenters. The molecule has 0 aliphatic heterocycles. The summed E-state index contributed by atoms with van der Waals surface area (Å²) in [5.74, 6) is -0.417. The minimum absolute atomic E-state index is 0.208. The molecule has 3 rings (SSSR count). The minimum atomic E-state index is -0.943. The van der Waals surface area contributed by atoms with Crippen LogP contribution in [0.25, 0.3) is 0 Å². The smallest absolute Gasteiger partial charge is 0.240 e. The third kappa shape index (κ3) is 3.43. The summed E-state index contributed by atoms with van der Waals surface area (Å²) >= 11 is 0. The van der Waals surface area contributed by atoms with Crippen molar-refractivity contribution in [3.63, 3.8) is 0 Å². The number of hydrogen-bond donors (Lipinski definition) is 2. The van der Waals surface area contributed by atoms with Crippen LogP contribution in [0.5, 0.6) is 0 Å². The lowest BCUT2D eigenvalue weighted by Gasteiger charge is -2.18. The zero-order chi connectivity index (χ0) is 17.9. The fourth-order valence-corrected chi connectivity index (χ4v) is 3.07. The second-order valence-corrected chi connectivity index (χ2v) is 6.51. The van der Waals surface area contributed by atoms with E-state index in [9.17, 15) is 9.59 Å². The van der Waals surface area contributed by atoms with Crippen LogP contribution < -0.4 is 10.6 Å². The third-order valence-corrected chi connectivity index (χ3v) is 4.91. The Morgan fingerprint density at radius 3 is 1.56 bits per heavy atom. The number of benzene rings is 2. The Hall–Kier alpha value is -2.62. The molecule has 2 aromatic rings. The van der Waals surface area contributed by atoms with Gasteiger partial charge in [-0.1, -0.05) is 50.2 Å². The van der Waals surface area contributed by atoms with Gasteiger partial charge in [0.15, 0.2) is 0 Å². The van der Waals surface area contributed by atoms with E-state index >= 15 is 0 Å². The lowest BCUT2D eigenvalue weighted by Crippen LogP contribution is -2.36. The zero-order valence-corrected chi connectivity index (χ0v) is 14.8. The summed E-state index contributed by atoms with van der Waals surface area (Å²) in [6.45, 7) is 4.10. The van der Waals surface area contributed by atoms with Crippen molar-refractivity contribution in [2.45, 2.75) is 39.5 Å². The molecule has 2 aromatic carbocycles. The Labute approximate surface area is 148 Å².